The molecule has 0 bridgehead atoms. The Morgan fingerprint density at radius 3 is 2.85 bits per heavy atom. The van der Waals surface area contributed by atoms with E-state index in [1.165, 1.54) is 13.2 Å². The average Bonchev–Trinajstić information content (AvgIpc) is 3.10. The van der Waals surface area contributed by atoms with E-state index in [-0.39, 0.29) is 28.6 Å². The summed E-state index contributed by atoms with van der Waals surface area (Å²) in [5.74, 6) is 1.09. The number of likely N-dealkylation sites (N-methyl/N-ethyl adjacent to an activating group) is 1. The van der Waals surface area contributed by atoms with Gasteiger partial charge in [-0.1, -0.05) is 5.16 Å². The molecule has 1 saturated heterocycles. The average molecular weight is 395 g/mol. The van der Waals surface area contributed by atoms with E-state index in [2.05, 4.69) is 25.1 Å². The summed E-state index contributed by atoms with van der Waals surface area (Å²) in [6.45, 7) is 6.05. The lowest BCUT2D eigenvalue weighted by atomic mass is 10.2. The highest BCUT2D eigenvalue weighted by Crippen LogP contribution is 2.30. The Hall–Kier alpha value is -2.01. The minimum atomic E-state index is -3.74. The number of rotatable bonds is 6. The van der Waals surface area contributed by atoms with Crippen LogP contribution in [0.25, 0.3) is 11.5 Å². The third kappa shape index (κ3) is 4.29. The summed E-state index contributed by atoms with van der Waals surface area (Å²) in [7, 11) is -0.297. The first-order chi connectivity index (χ1) is 12.8. The third-order valence-corrected chi connectivity index (χ3v) is 6.02. The van der Waals surface area contributed by atoms with Crippen LogP contribution in [-0.2, 0) is 10.0 Å². The SMILES string of the molecule is COc1ccc(-c2nc(C3CNCCN3C)no2)cc1S(=O)(=O)NC(C)C. The van der Waals surface area contributed by atoms with Crippen molar-refractivity contribution in [3.05, 3.63) is 24.0 Å². The van der Waals surface area contributed by atoms with Crippen molar-refractivity contribution in [2.24, 2.45) is 0 Å². The molecule has 1 aliphatic heterocycles. The molecule has 1 atom stereocenters. The Kier molecular flexibility index (Phi) is 5.80. The van der Waals surface area contributed by atoms with Gasteiger partial charge in [0, 0.05) is 31.2 Å². The van der Waals surface area contributed by atoms with E-state index in [0.29, 0.717) is 11.4 Å². The van der Waals surface area contributed by atoms with Gasteiger partial charge in [-0.2, -0.15) is 4.98 Å². The van der Waals surface area contributed by atoms with Crippen LogP contribution in [0.4, 0.5) is 0 Å². The van der Waals surface area contributed by atoms with Crippen LogP contribution in [0.3, 0.4) is 0 Å². The predicted molar refractivity (Wildman–Crippen MR) is 100.0 cm³/mol. The number of sulfonamides is 1. The number of benzene rings is 1. The van der Waals surface area contributed by atoms with Crippen LogP contribution < -0.4 is 14.8 Å². The van der Waals surface area contributed by atoms with Gasteiger partial charge in [-0.05, 0) is 39.1 Å². The van der Waals surface area contributed by atoms with Gasteiger partial charge in [-0.3, -0.25) is 4.90 Å². The molecule has 0 spiro atoms. The maximum Gasteiger partial charge on any atom is 0.258 e. The molecular formula is C17H25N5O4S. The molecule has 0 aliphatic carbocycles. The zero-order chi connectivity index (χ0) is 19.6. The molecule has 1 aliphatic rings. The van der Waals surface area contributed by atoms with E-state index >= 15 is 0 Å². The van der Waals surface area contributed by atoms with Gasteiger partial charge in [-0.15, -0.1) is 0 Å². The fourth-order valence-corrected chi connectivity index (χ4v) is 4.42. The minimum absolute atomic E-state index is 0.0142. The maximum absolute atomic E-state index is 12.6. The lowest BCUT2D eigenvalue weighted by Gasteiger charge is -2.30. The molecule has 0 amide bonds. The standard InChI is InChI=1S/C17H25N5O4S/c1-11(2)21-27(23,24)15-9-12(5-6-14(15)25-4)17-19-16(20-26-17)13-10-18-7-8-22(13)3/h5-6,9,11,13,18,21H,7-8,10H2,1-4H3. The molecule has 2 aromatic rings. The zero-order valence-electron chi connectivity index (χ0n) is 15.9. The molecular weight excluding hydrogens is 370 g/mol. The summed E-state index contributed by atoms with van der Waals surface area (Å²) in [6.07, 6.45) is 0. The number of hydrogen-bond acceptors (Lipinski definition) is 8. The number of nitrogens with zero attached hydrogens (tertiary/aromatic N) is 3. The smallest absolute Gasteiger partial charge is 0.258 e. The van der Waals surface area contributed by atoms with E-state index in [4.69, 9.17) is 9.26 Å². The quantitative estimate of drug-likeness (QED) is 0.746. The second-order valence-electron chi connectivity index (χ2n) is 6.80. The largest absolute Gasteiger partial charge is 0.495 e. The van der Waals surface area contributed by atoms with Gasteiger partial charge in [0.05, 0.1) is 13.2 Å². The van der Waals surface area contributed by atoms with Crippen molar-refractivity contribution in [1.29, 1.82) is 0 Å². The third-order valence-electron chi connectivity index (χ3n) is 4.34. The first-order valence-electron chi connectivity index (χ1n) is 8.77. The van der Waals surface area contributed by atoms with E-state index in [0.717, 1.165) is 19.6 Å². The lowest BCUT2D eigenvalue weighted by Crippen LogP contribution is -2.44. The summed E-state index contributed by atoms with van der Waals surface area (Å²) < 4.78 is 38.4. The first-order valence-corrected chi connectivity index (χ1v) is 10.3. The highest BCUT2D eigenvalue weighted by Gasteiger charge is 2.27. The summed E-state index contributed by atoms with van der Waals surface area (Å²) in [6, 6.07) is 4.55. The first kappa shape index (κ1) is 19.7. The van der Waals surface area contributed by atoms with Crippen LogP contribution >= 0.6 is 0 Å². The minimum Gasteiger partial charge on any atom is -0.495 e. The Morgan fingerprint density at radius 2 is 2.19 bits per heavy atom. The van der Waals surface area contributed by atoms with Crippen molar-refractivity contribution >= 4 is 10.0 Å². The van der Waals surface area contributed by atoms with Gasteiger partial charge >= 0.3 is 0 Å². The van der Waals surface area contributed by atoms with Crippen LogP contribution in [-0.4, -0.2) is 63.3 Å². The molecule has 0 radical (unpaired) electrons. The van der Waals surface area contributed by atoms with Gasteiger partial charge in [0.2, 0.25) is 10.0 Å². The molecule has 1 aromatic carbocycles. The van der Waals surface area contributed by atoms with E-state index < -0.39 is 10.0 Å². The van der Waals surface area contributed by atoms with Crippen molar-refractivity contribution in [2.75, 3.05) is 33.8 Å². The maximum atomic E-state index is 12.6. The second-order valence-corrected chi connectivity index (χ2v) is 8.48. The van der Waals surface area contributed by atoms with Crippen LogP contribution in [0.5, 0.6) is 5.75 Å². The van der Waals surface area contributed by atoms with E-state index in [1.807, 2.05) is 7.05 Å². The number of aromatic nitrogens is 2. The molecule has 0 saturated carbocycles. The number of nitrogens with one attached hydrogen (secondary N) is 2. The molecule has 1 fully saturated rings. The van der Waals surface area contributed by atoms with Crippen molar-refractivity contribution in [3.63, 3.8) is 0 Å². The zero-order valence-corrected chi connectivity index (χ0v) is 16.7. The number of piperazine rings is 1. The summed E-state index contributed by atoms with van der Waals surface area (Å²) in [5.41, 5.74) is 0.519. The van der Waals surface area contributed by atoms with Crippen LogP contribution in [0.15, 0.2) is 27.6 Å². The molecule has 3 rings (SSSR count). The highest BCUT2D eigenvalue weighted by atomic mass is 32.2. The highest BCUT2D eigenvalue weighted by molar-refractivity contribution is 7.89. The molecule has 27 heavy (non-hydrogen) atoms. The van der Waals surface area contributed by atoms with Gasteiger partial charge in [0.1, 0.15) is 10.6 Å². The molecule has 1 unspecified atom stereocenters. The fourth-order valence-electron chi connectivity index (χ4n) is 2.98. The Morgan fingerprint density at radius 1 is 1.41 bits per heavy atom. The molecule has 2 heterocycles. The summed E-state index contributed by atoms with van der Waals surface area (Å²) >= 11 is 0. The predicted octanol–water partition coefficient (Wildman–Crippen LogP) is 1.01. The Bertz CT molecular complexity index is 896. The van der Waals surface area contributed by atoms with E-state index in [9.17, 15) is 8.42 Å². The number of ether oxygens (including phenoxy) is 1. The number of hydrogen-bond donors (Lipinski definition) is 2. The lowest BCUT2D eigenvalue weighted by molar-refractivity contribution is 0.190. The van der Waals surface area contributed by atoms with Gasteiger partial charge in [-0.25, -0.2) is 13.1 Å². The van der Waals surface area contributed by atoms with Crippen LogP contribution in [0.1, 0.15) is 25.7 Å². The molecule has 10 heteroatoms. The van der Waals surface area contributed by atoms with E-state index in [1.54, 1.807) is 26.0 Å². The molecule has 148 valence electrons. The molecule has 2 N–H and O–H groups in total. The topological polar surface area (TPSA) is 110 Å². The normalized spacial score (nSPS) is 18.8. The van der Waals surface area contributed by atoms with Gasteiger partial charge < -0.3 is 14.6 Å². The van der Waals surface area contributed by atoms with Gasteiger partial charge in [0.25, 0.3) is 5.89 Å². The van der Waals surface area contributed by atoms with Gasteiger partial charge in [0.15, 0.2) is 5.82 Å². The second kappa shape index (κ2) is 7.93. The van der Waals surface area contributed by atoms with Crippen molar-refractivity contribution in [1.82, 2.24) is 25.1 Å². The van der Waals surface area contributed by atoms with Crippen molar-refractivity contribution in [2.45, 2.75) is 30.8 Å². The summed E-state index contributed by atoms with van der Waals surface area (Å²) in [4.78, 5) is 6.67. The van der Waals surface area contributed by atoms with Crippen LogP contribution in [0.2, 0.25) is 0 Å². The van der Waals surface area contributed by atoms with Crippen molar-refractivity contribution in [3.8, 4) is 17.2 Å². The molecule has 9 nitrogen and oxygen atoms in total. The van der Waals surface area contributed by atoms with Crippen LogP contribution in [0, 0.1) is 0 Å². The number of methoxy groups -OCH3 is 1. The molecule has 1 aromatic heterocycles. The Balaban J connectivity index is 1.95. The monoisotopic (exact) mass is 395 g/mol. The van der Waals surface area contributed by atoms with Crippen molar-refractivity contribution < 1.29 is 17.7 Å². The Labute approximate surface area is 159 Å². The summed E-state index contributed by atoms with van der Waals surface area (Å²) in [5, 5.41) is 7.39. The fraction of sp³-hybridized carbons (Fsp3) is 0.529.